The maximum atomic E-state index is 5.73. The van der Waals surface area contributed by atoms with Crippen LogP contribution in [0.5, 0.6) is 0 Å². The molecular weight excluding hydrogens is 382 g/mol. The Bertz CT molecular complexity index is 959. The van der Waals surface area contributed by atoms with E-state index in [1.54, 1.807) is 7.11 Å². The van der Waals surface area contributed by atoms with Crippen LogP contribution in [-0.2, 0) is 17.7 Å². The lowest BCUT2D eigenvalue weighted by molar-refractivity contribution is 0.303. The van der Waals surface area contributed by atoms with Crippen LogP contribution >= 0.6 is 0 Å². The number of nitrogens with one attached hydrogen (secondary N) is 1. The Kier molecular flexibility index (Phi) is 7.16. The van der Waals surface area contributed by atoms with Gasteiger partial charge >= 0.3 is 0 Å². The first-order chi connectivity index (χ1) is 15.2. The fourth-order valence-corrected chi connectivity index (χ4v) is 5.11. The summed E-state index contributed by atoms with van der Waals surface area (Å²) in [5.41, 5.74) is 7.24. The summed E-state index contributed by atoms with van der Waals surface area (Å²) in [6, 6.07) is 6.58. The molecule has 0 spiro atoms. The van der Waals surface area contributed by atoms with E-state index >= 15 is 0 Å². The van der Waals surface area contributed by atoms with Crippen LogP contribution < -0.4 is 0 Å². The third kappa shape index (κ3) is 4.73. The summed E-state index contributed by atoms with van der Waals surface area (Å²) in [7, 11) is 1.74. The van der Waals surface area contributed by atoms with Crippen molar-refractivity contribution in [2.45, 2.75) is 84.1 Å². The molecule has 0 fully saturated rings. The number of allylic oxidation sites excluding steroid dienone is 1. The Balaban J connectivity index is 1.79. The van der Waals surface area contributed by atoms with Gasteiger partial charge in [-0.1, -0.05) is 39.0 Å². The molecule has 1 unspecified atom stereocenters. The maximum absolute atomic E-state index is 5.73. The highest BCUT2D eigenvalue weighted by Crippen LogP contribution is 2.36. The molecule has 0 amide bonds. The van der Waals surface area contributed by atoms with E-state index in [1.165, 1.54) is 74.7 Å². The van der Waals surface area contributed by atoms with Gasteiger partial charge in [0, 0.05) is 30.2 Å². The Morgan fingerprint density at radius 1 is 1.23 bits per heavy atom. The minimum atomic E-state index is 0.639. The number of H-pyrrole nitrogens is 1. The molecule has 1 aliphatic heterocycles. The number of fused-ring (bicyclic) bond motifs is 2. The number of aromatic amines is 1. The number of hydrogen-bond donors (Lipinski definition) is 1. The third-order valence-electron chi connectivity index (χ3n) is 6.78. The van der Waals surface area contributed by atoms with E-state index in [1.807, 2.05) is 18.3 Å². The zero-order chi connectivity index (χ0) is 21.6. The number of hydrogen-bond acceptors (Lipinski definition) is 2. The predicted octanol–water partition coefficient (Wildman–Crippen LogP) is 6.99. The second-order valence-electron chi connectivity index (χ2n) is 8.84. The molecule has 4 rings (SSSR count). The Hall–Kier alpha value is -2.49. The molecule has 1 atom stereocenters. The van der Waals surface area contributed by atoms with Gasteiger partial charge in [0.05, 0.1) is 18.5 Å². The molecule has 2 bridgehead atoms. The standard InChI is InChI=1S/C27H37N3O/c1-4-6-12-20-13-9-7-8-10-14-21-17-22(20)26(30(21)5-2)18-25-27(31-3)19-24(29-25)23-15-11-16-28-23/h11,15-20,28H,4-10,12-14H2,1-3H3/b25-18+. The molecule has 0 saturated carbocycles. The van der Waals surface area contributed by atoms with E-state index in [0.717, 1.165) is 29.4 Å². The van der Waals surface area contributed by atoms with Crippen molar-refractivity contribution in [3.05, 3.63) is 64.6 Å². The summed E-state index contributed by atoms with van der Waals surface area (Å²) in [4.78, 5) is 8.21. The molecule has 4 nitrogen and oxygen atoms in total. The van der Waals surface area contributed by atoms with Crippen LogP contribution in [-0.4, -0.2) is 22.4 Å². The first-order valence-electron chi connectivity index (χ1n) is 12.2. The molecule has 2 aromatic rings. The number of aliphatic imine (C=N–C) groups is 1. The van der Waals surface area contributed by atoms with Crippen molar-refractivity contribution in [1.82, 2.24) is 9.55 Å². The number of nitrogens with zero attached hydrogens (tertiary/aromatic N) is 2. The van der Waals surface area contributed by atoms with Crippen molar-refractivity contribution < 1.29 is 4.74 Å². The SMILES string of the molecule is CCCCC1CCCCCCc2cc1c(/C=C1/N=C(c3ccc[nH]3)C=C1OC)n2CC. The van der Waals surface area contributed by atoms with Gasteiger partial charge < -0.3 is 14.3 Å². The number of methoxy groups -OCH3 is 1. The zero-order valence-corrected chi connectivity index (χ0v) is 19.4. The van der Waals surface area contributed by atoms with Crippen molar-refractivity contribution in [1.29, 1.82) is 0 Å². The second-order valence-corrected chi connectivity index (χ2v) is 8.84. The summed E-state index contributed by atoms with van der Waals surface area (Å²) in [6.45, 7) is 5.57. The van der Waals surface area contributed by atoms with Crippen molar-refractivity contribution in [3.8, 4) is 0 Å². The Morgan fingerprint density at radius 2 is 2.10 bits per heavy atom. The van der Waals surface area contributed by atoms with E-state index in [-0.39, 0.29) is 0 Å². The average Bonchev–Trinajstić information content (AvgIpc) is 3.52. The van der Waals surface area contributed by atoms with E-state index in [4.69, 9.17) is 9.73 Å². The van der Waals surface area contributed by atoms with E-state index < -0.39 is 0 Å². The van der Waals surface area contributed by atoms with Gasteiger partial charge in [0.25, 0.3) is 0 Å². The number of rotatable bonds is 7. The van der Waals surface area contributed by atoms with Gasteiger partial charge in [0.2, 0.25) is 0 Å². The summed E-state index contributed by atoms with van der Waals surface area (Å²) >= 11 is 0. The lowest BCUT2D eigenvalue weighted by Gasteiger charge is -2.18. The lowest BCUT2D eigenvalue weighted by atomic mass is 9.87. The highest BCUT2D eigenvalue weighted by Gasteiger charge is 2.24. The van der Waals surface area contributed by atoms with Crippen LogP contribution in [0.1, 0.15) is 93.8 Å². The molecule has 31 heavy (non-hydrogen) atoms. The molecule has 3 heterocycles. The van der Waals surface area contributed by atoms with Gasteiger partial charge in [-0.25, -0.2) is 4.99 Å². The Morgan fingerprint density at radius 3 is 2.84 bits per heavy atom. The first-order valence-corrected chi connectivity index (χ1v) is 12.2. The van der Waals surface area contributed by atoms with Crippen LogP contribution in [0, 0.1) is 0 Å². The van der Waals surface area contributed by atoms with E-state index in [0.29, 0.717) is 5.92 Å². The highest BCUT2D eigenvalue weighted by atomic mass is 16.5. The fourth-order valence-electron chi connectivity index (χ4n) is 5.11. The van der Waals surface area contributed by atoms with Crippen LogP contribution in [0.25, 0.3) is 6.08 Å². The molecule has 0 aromatic carbocycles. The molecule has 0 saturated heterocycles. The summed E-state index contributed by atoms with van der Waals surface area (Å²) < 4.78 is 8.26. The van der Waals surface area contributed by atoms with Crippen molar-refractivity contribution in [2.75, 3.05) is 7.11 Å². The van der Waals surface area contributed by atoms with Crippen molar-refractivity contribution in [2.24, 2.45) is 4.99 Å². The van der Waals surface area contributed by atoms with Gasteiger partial charge in [-0.05, 0) is 68.4 Å². The van der Waals surface area contributed by atoms with Crippen molar-refractivity contribution in [3.63, 3.8) is 0 Å². The molecule has 2 aliphatic rings. The molecule has 0 radical (unpaired) electrons. The van der Waals surface area contributed by atoms with Gasteiger partial charge in [-0.15, -0.1) is 0 Å². The van der Waals surface area contributed by atoms with Crippen LogP contribution in [0.2, 0.25) is 0 Å². The molecule has 1 N–H and O–H groups in total. The second kappa shape index (κ2) is 10.2. The van der Waals surface area contributed by atoms with Gasteiger partial charge in [-0.3, -0.25) is 0 Å². The smallest absolute Gasteiger partial charge is 0.146 e. The van der Waals surface area contributed by atoms with Gasteiger partial charge in [0.1, 0.15) is 11.5 Å². The van der Waals surface area contributed by atoms with Crippen LogP contribution in [0.4, 0.5) is 0 Å². The van der Waals surface area contributed by atoms with Gasteiger partial charge in [-0.2, -0.15) is 0 Å². The normalized spacial score (nSPS) is 20.6. The number of aryl methyl sites for hydroxylation is 1. The third-order valence-corrected chi connectivity index (χ3v) is 6.78. The molecule has 2 aromatic heterocycles. The Labute approximate surface area is 187 Å². The quantitative estimate of drug-likeness (QED) is 0.516. The molecular formula is C27H37N3O. The maximum Gasteiger partial charge on any atom is 0.146 e. The summed E-state index contributed by atoms with van der Waals surface area (Å²) in [6.07, 6.45) is 17.9. The predicted molar refractivity (Wildman–Crippen MR) is 130 cm³/mol. The molecule has 166 valence electrons. The monoisotopic (exact) mass is 419 g/mol. The van der Waals surface area contributed by atoms with Crippen LogP contribution in [0.3, 0.4) is 0 Å². The lowest BCUT2D eigenvalue weighted by Crippen LogP contribution is -2.05. The minimum Gasteiger partial charge on any atom is -0.494 e. The fraction of sp³-hybridized carbons (Fsp3) is 0.519. The van der Waals surface area contributed by atoms with E-state index in [9.17, 15) is 0 Å². The topological polar surface area (TPSA) is 42.3 Å². The van der Waals surface area contributed by atoms with Crippen molar-refractivity contribution >= 4 is 11.8 Å². The highest BCUT2D eigenvalue weighted by molar-refractivity contribution is 6.11. The average molecular weight is 420 g/mol. The summed E-state index contributed by atoms with van der Waals surface area (Å²) in [5.74, 6) is 1.48. The molecule has 1 aliphatic carbocycles. The zero-order valence-electron chi connectivity index (χ0n) is 19.4. The first kappa shape index (κ1) is 21.7. The largest absolute Gasteiger partial charge is 0.494 e. The summed E-state index contributed by atoms with van der Waals surface area (Å²) in [5, 5.41) is 0. The molecule has 4 heteroatoms. The van der Waals surface area contributed by atoms with Gasteiger partial charge in [0.15, 0.2) is 0 Å². The number of ether oxygens (including phenoxy) is 1. The minimum absolute atomic E-state index is 0.639. The number of unbranched alkanes of at least 4 members (excludes halogenated alkanes) is 1. The van der Waals surface area contributed by atoms with E-state index in [2.05, 4.69) is 41.6 Å². The number of aromatic nitrogens is 2. The van der Waals surface area contributed by atoms with Crippen LogP contribution in [0.15, 0.2) is 46.9 Å².